The highest BCUT2D eigenvalue weighted by Crippen LogP contribution is 2.26. The average Bonchev–Trinajstić information content (AvgIpc) is 2.71. The molecule has 0 aliphatic rings. The molecule has 8 nitrogen and oxygen atoms in total. The third-order valence-electron chi connectivity index (χ3n) is 4.47. The average molecular weight is 425 g/mol. The van der Waals surface area contributed by atoms with Gasteiger partial charge in [0.1, 0.15) is 0 Å². The van der Waals surface area contributed by atoms with Crippen molar-refractivity contribution in [1.29, 1.82) is 0 Å². The van der Waals surface area contributed by atoms with Gasteiger partial charge in [-0.1, -0.05) is 24.3 Å². The van der Waals surface area contributed by atoms with Crippen LogP contribution in [-0.2, 0) is 10.0 Å². The Morgan fingerprint density at radius 3 is 2.23 bits per heavy atom. The first-order valence-corrected chi connectivity index (χ1v) is 10.4. The SMILES string of the molecule is Cc1cc(S(=O)(=O)Nc2cc([N+](=O)[O-])ccc2C)ccc1NC(=O)c1ccccc1. The summed E-state index contributed by atoms with van der Waals surface area (Å²) in [5.41, 5.74) is 1.98. The molecule has 30 heavy (non-hydrogen) atoms. The van der Waals surface area contributed by atoms with Crippen LogP contribution in [0.5, 0.6) is 0 Å². The van der Waals surface area contributed by atoms with Gasteiger partial charge in [-0.25, -0.2) is 8.42 Å². The zero-order chi connectivity index (χ0) is 21.9. The maximum absolute atomic E-state index is 12.8. The van der Waals surface area contributed by atoms with Gasteiger partial charge in [-0.2, -0.15) is 0 Å². The maximum atomic E-state index is 12.8. The molecule has 9 heteroatoms. The second-order valence-corrected chi connectivity index (χ2v) is 8.34. The summed E-state index contributed by atoms with van der Waals surface area (Å²) >= 11 is 0. The Balaban J connectivity index is 1.84. The molecule has 0 fully saturated rings. The van der Waals surface area contributed by atoms with E-state index >= 15 is 0 Å². The van der Waals surface area contributed by atoms with Crippen LogP contribution in [0.1, 0.15) is 21.5 Å². The van der Waals surface area contributed by atoms with Crippen molar-refractivity contribution in [3.63, 3.8) is 0 Å². The van der Waals surface area contributed by atoms with E-state index in [2.05, 4.69) is 10.0 Å². The Morgan fingerprint density at radius 1 is 0.900 bits per heavy atom. The first kappa shape index (κ1) is 21.0. The third kappa shape index (κ3) is 4.64. The number of non-ortho nitro benzene ring substituents is 1. The number of nitrogens with one attached hydrogen (secondary N) is 2. The maximum Gasteiger partial charge on any atom is 0.271 e. The number of amides is 1. The number of anilines is 2. The minimum absolute atomic E-state index is 0.0244. The molecule has 3 aromatic carbocycles. The molecule has 0 aliphatic carbocycles. The van der Waals surface area contributed by atoms with Crippen molar-refractivity contribution in [2.45, 2.75) is 18.7 Å². The fourth-order valence-electron chi connectivity index (χ4n) is 2.76. The Hall–Kier alpha value is -3.72. The monoisotopic (exact) mass is 425 g/mol. The molecule has 0 saturated heterocycles. The number of sulfonamides is 1. The van der Waals surface area contributed by atoms with Crippen LogP contribution in [-0.4, -0.2) is 19.2 Å². The van der Waals surface area contributed by atoms with Gasteiger partial charge in [-0.15, -0.1) is 0 Å². The number of aryl methyl sites for hydroxylation is 2. The number of nitrogens with zero attached hydrogens (tertiary/aromatic N) is 1. The molecule has 0 unspecified atom stereocenters. The predicted octanol–water partition coefficient (Wildman–Crippen LogP) is 4.26. The lowest BCUT2D eigenvalue weighted by Crippen LogP contribution is -2.15. The molecule has 0 radical (unpaired) electrons. The molecule has 2 N–H and O–H groups in total. The number of benzene rings is 3. The van der Waals surface area contributed by atoms with Crippen molar-refractivity contribution in [2.75, 3.05) is 10.0 Å². The van der Waals surface area contributed by atoms with Crippen LogP contribution in [0.25, 0.3) is 0 Å². The second-order valence-electron chi connectivity index (χ2n) is 6.66. The summed E-state index contributed by atoms with van der Waals surface area (Å²) in [5.74, 6) is -0.306. The van der Waals surface area contributed by atoms with Gasteiger partial charge in [0.2, 0.25) is 0 Å². The molecular formula is C21H19N3O5S. The van der Waals surface area contributed by atoms with Crippen molar-refractivity contribution in [2.24, 2.45) is 0 Å². The van der Waals surface area contributed by atoms with Crippen molar-refractivity contribution in [3.8, 4) is 0 Å². The molecule has 3 rings (SSSR count). The predicted molar refractivity (Wildman–Crippen MR) is 114 cm³/mol. The van der Waals surface area contributed by atoms with Crippen molar-refractivity contribution in [1.82, 2.24) is 0 Å². The summed E-state index contributed by atoms with van der Waals surface area (Å²) in [7, 11) is -3.98. The molecule has 3 aromatic rings. The van der Waals surface area contributed by atoms with Gasteiger partial charge in [-0.3, -0.25) is 19.6 Å². The standard InChI is InChI=1S/C21H19N3O5S/c1-14-8-9-17(24(26)27)13-20(14)23-30(28,29)18-10-11-19(15(2)12-18)22-21(25)16-6-4-3-5-7-16/h3-13,23H,1-2H3,(H,22,25). The van der Waals surface area contributed by atoms with Crippen LogP contribution in [0.4, 0.5) is 17.1 Å². The quantitative estimate of drug-likeness (QED) is 0.452. The van der Waals surface area contributed by atoms with Crippen LogP contribution in [0.3, 0.4) is 0 Å². The molecule has 0 aliphatic heterocycles. The minimum atomic E-state index is -3.98. The number of hydrogen-bond acceptors (Lipinski definition) is 5. The van der Waals surface area contributed by atoms with Gasteiger partial charge in [-0.05, 0) is 55.3 Å². The number of carbonyl (C=O) groups is 1. The molecule has 0 atom stereocenters. The molecule has 0 saturated carbocycles. The highest BCUT2D eigenvalue weighted by atomic mass is 32.2. The molecule has 1 amide bonds. The third-order valence-corrected chi connectivity index (χ3v) is 5.83. The van der Waals surface area contributed by atoms with Crippen molar-refractivity contribution in [3.05, 3.63) is 93.5 Å². The number of hydrogen-bond donors (Lipinski definition) is 2. The molecular weight excluding hydrogens is 406 g/mol. The largest absolute Gasteiger partial charge is 0.322 e. The van der Waals surface area contributed by atoms with Crippen LogP contribution in [0.2, 0.25) is 0 Å². The van der Waals surface area contributed by atoms with Crippen LogP contribution in [0, 0.1) is 24.0 Å². The Morgan fingerprint density at radius 2 is 1.60 bits per heavy atom. The zero-order valence-corrected chi connectivity index (χ0v) is 17.1. The van der Waals surface area contributed by atoms with E-state index in [1.807, 2.05) is 0 Å². The molecule has 0 heterocycles. The summed E-state index contributed by atoms with van der Waals surface area (Å²) in [4.78, 5) is 22.7. The van der Waals surface area contributed by atoms with Gasteiger partial charge in [0.25, 0.3) is 21.6 Å². The van der Waals surface area contributed by atoms with Gasteiger partial charge >= 0.3 is 0 Å². The van der Waals surface area contributed by atoms with Gasteiger partial charge < -0.3 is 5.32 Å². The second kappa shape index (κ2) is 8.34. The Labute approximate surface area is 173 Å². The Bertz CT molecular complexity index is 1220. The lowest BCUT2D eigenvalue weighted by atomic mass is 10.1. The first-order valence-electron chi connectivity index (χ1n) is 8.92. The molecule has 154 valence electrons. The van der Waals surface area contributed by atoms with Crippen LogP contribution in [0.15, 0.2) is 71.6 Å². The van der Waals surface area contributed by atoms with Crippen molar-refractivity contribution >= 4 is 33.0 Å². The topological polar surface area (TPSA) is 118 Å². The number of carbonyl (C=O) groups excluding carboxylic acids is 1. The van der Waals surface area contributed by atoms with E-state index in [0.29, 0.717) is 22.4 Å². The number of nitro benzene ring substituents is 1. The van der Waals surface area contributed by atoms with Gasteiger partial charge in [0.05, 0.1) is 15.5 Å². The summed E-state index contributed by atoms with van der Waals surface area (Å²) in [5, 5.41) is 13.7. The highest BCUT2D eigenvalue weighted by Gasteiger charge is 2.19. The smallest absolute Gasteiger partial charge is 0.271 e. The summed E-state index contributed by atoms with van der Waals surface area (Å²) in [6, 6.07) is 16.9. The van der Waals surface area contributed by atoms with Crippen LogP contribution >= 0.6 is 0 Å². The first-order chi connectivity index (χ1) is 14.2. The highest BCUT2D eigenvalue weighted by molar-refractivity contribution is 7.92. The van der Waals surface area contributed by atoms with Gasteiger partial charge in [0.15, 0.2) is 0 Å². The Kier molecular flexibility index (Phi) is 5.84. The van der Waals surface area contributed by atoms with Crippen LogP contribution < -0.4 is 10.0 Å². The van der Waals surface area contributed by atoms with Gasteiger partial charge in [0, 0.05) is 23.4 Å². The van der Waals surface area contributed by atoms with E-state index in [0.717, 1.165) is 0 Å². The normalized spacial score (nSPS) is 11.0. The lowest BCUT2D eigenvalue weighted by molar-refractivity contribution is -0.384. The molecule has 0 bridgehead atoms. The van der Waals surface area contributed by atoms with Crippen molar-refractivity contribution < 1.29 is 18.1 Å². The fraction of sp³-hybridized carbons (Fsp3) is 0.0952. The molecule has 0 spiro atoms. The number of rotatable bonds is 6. The summed E-state index contributed by atoms with van der Waals surface area (Å²) < 4.78 is 27.9. The fourth-order valence-corrected chi connectivity index (χ4v) is 3.97. The lowest BCUT2D eigenvalue weighted by Gasteiger charge is -2.13. The number of nitro groups is 1. The van der Waals surface area contributed by atoms with E-state index in [1.54, 1.807) is 44.2 Å². The zero-order valence-electron chi connectivity index (χ0n) is 16.2. The minimum Gasteiger partial charge on any atom is -0.322 e. The molecule has 0 aromatic heterocycles. The van der Waals surface area contributed by atoms with E-state index in [9.17, 15) is 23.3 Å². The van der Waals surface area contributed by atoms with E-state index in [4.69, 9.17) is 0 Å². The van der Waals surface area contributed by atoms with E-state index in [1.165, 1.54) is 36.4 Å². The van der Waals surface area contributed by atoms with E-state index < -0.39 is 14.9 Å². The summed E-state index contributed by atoms with van der Waals surface area (Å²) in [6.07, 6.45) is 0. The van der Waals surface area contributed by atoms with E-state index in [-0.39, 0.29) is 22.2 Å². The summed E-state index contributed by atoms with van der Waals surface area (Å²) in [6.45, 7) is 3.33.